The molecule has 104 valence electrons. The van der Waals surface area contributed by atoms with Gasteiger partial charge >= 0.3 is 5.97 Å². The average Bonchev–Trinajstić information content (AvgIpc) is 2.80. The average molecular weight is 267 g/mol. The van der Waals surface area contributed by atoms with E-state index >= 15 is 0 Å². The summed E-state index contributed by atoms with van der Waals surface area (Å²) in [6.07, 6.45) is 0. The maximum atomic E-state index is 14.2. The number of carbonyl (C=O) groups is 1. The predicted octanol–water partition coefficient (Wildman–Crippen LogP) is 1.48. The van der Waals surface area contributed by atoms with E-state index in [0.29, 0.717) is 24.4 Å². The number of benzene rings is 1. The molecule has 0 saturated carbocycles. The van der Waals surface area contributed by atoms with Crippen LogP contribution >= 0.6 is 0 Å². The molecule has 2 rings (SSSR count). The zero-order chi connectivity index (χ0) is 14.0. The van der Waals surface area contributed by atoms with Gasteiger partial charge in [0, 0.05) is 24.1 Å². The van der Waals surface area contributed by atoms with Crippen LogP contribution in [-0.4, -0.2) is 33.3 Å². The molecule has 0 bridgehead atoms. The van der Waals surface area contributed by atoms with Crippen LogP contribution in [0, 0.1) is 11.7 Å². The van der Waals surface area contributed by atoms with Gasteiger partial charge in [0.2, 0.25) is 0 Å². The van der Waals surface area contributed by atoms with Gasteiger partial charge in [-0.25, -0.2) is 4.39 Å². The van der Waals surface area contributed by atoms with Crippen molar-refractivity contribution >= 4 is 5.97 Å². The van der Waals surface area contributed by atoms with Gasteiger partial charge in [-0.1, -0.05) is 13.0 Å². The van der Waals surface area contributed by atoms with Gasteiger partial charge in [0.25, 0.3) is 0 Å². The Morgan fingerprint density at radius 3 is 2.84 bits per heavy atom. The first-order valence-corrected chi connectivity index (χ1v) is 6.16. The van der Waals surface area contributed by atoms with Crippen LogP contribution in [0.3, 0.4) is 0 Å². The summed E-state index contributed by atoms with van der Waals surface area (Å²) in [5.41, 5.74) is -0.248. The van der Waals surface area contributed by atoms with Crippen LogP contribution in [0.25, 0.3) is 0 Å². The van der Waals surface area contributed by atoms with E-state index in [1.165, 1.54) is 20.3 Å². The van der Waals surface area contributed by atoms with E-state index < -0.39 is 11.3 Å². The van der Waals surface area contributed by atoms with Crippen molar-refractivity contribution in [2.75, 3.05) is 27.3 Å². The van der Waals surface area contributed by atoms with Crippen LogP contribution in [0.4, 0.5) is 4.39 Å². The van der Waals surface area contributed by atoms with Crippen molar-refractivity contribution in [1.29, 1.82) is 0 Å². The Bertz CT molecular complexity index is 492. The quantitative estimate of drug-likeness (QED) is 0.843. The number of halogens is 1. The Labute approximate surface area is 111 Å². The minimum absolute atomic E-state index is 0.335. The summed E-state index contributed by atoms with van der Waals surface area (Å²) in [5.74, 6) is -0.666. The fourth-order valence-corrected chi connectivity index (χ4v) is 2.80. The van der Waals surface area contributed by atoms with Crippen LogP contribution in [0.15, 0.2) is 18.2 Å². The third-order valence-electron chi connectivity index (χ3n) is 3.86. The fourth-order valence-electron chi connectivity index (χ4n) is 2.80. The Morgan fingerprint density at radius 2 is 2.21 bits per heavy atom. The third kappa shape index (κ3) is 2.18. The number of hydrogen-bond donors (Lipinski definition) is 1. The predicted molar refractivity (Wildman–Crippen MR) is 68.7 cm³/mol. The Kier molecular flexibility index (Phi) is 3.75. The van der Waals surface area contributed by atoms with Crippen molar-refractivity contribution in [3.8, 4) is 5.75 Å². The minimum Gasteiger partial charge on any atom is -0.496 e. The van der Waals surface area contributed by atoms with Gasteiger partial charge in [-0.2, -0.15) is 0 Å². The van der Waals surface area contributed by atoms with Crippen molar-refractivity contribution in [2.45, 2.75) is 12.3 Å². The van der Waals surface area contributed by atoms with Crippen molar-refractivity contribution in [1.82, 2.24) is 5.32 Å². The molecule has 1 aliphatic heterocycles. The summed E-state index contributed by atoms with van der Waals surface area (Å²) in [6, 6.07) is 4.68. The van der Waals surface area contributed by atoms with Gasteiger partial charge in [0.1, 0.15) is 11.6 Å². The molecule has 0 spiro atoms. The molecule has 0 aromatic heterocycles. The SMILES string of the molecule is COC(=O)C1CNCC1(C)c1c(F)cccc1OC. The monoisotopic (exact) mass is 267 g/mol. The second-order valence-electron chi connectivity index (χ2n) is 4.94. The zero-order valence-electron chi connectivity index (χ0n) is 11.3. The second-order valence-corrected chi connectivity index (χ2v) is 4.94. The lowest BCUT2D eigenvalue weighted by atomic mass is 9.73. The van der Waals surface area contributed by atoms with Gasteiger partial charge < -0.3 is 14.8 Å². The molecular formula is C14H18FNO3. The number of nitrogens with one attached hydrogen (secondary N) is 1. The summed E-state index contributed by atoms with van der Waals surface area (Å²) in [6.45, 7) is 2.83. The lowest BCUT2D eigenvalue weighted by Gasteiger charge is -2.31. The molecule has 2 unspecified atom stereocenters. The van der Waals surface area contributed by atoms with Crippen LogP contribution in [0.5, 0.6) is 5.75 Å². The van der Waals surface area contributed by atoms with E-state index in [9.17, 15) is 9.18 Å². The Hall–Kier alpha value is -1.62. The normalized spacial score (nSPS) is 26.2. The molecule has 0 amide bonds. The summed E-state index contributed by atoms with van der Waals surface area (Å²) in [4.78, 5) is 11.9. The number of ether oxygens (including phenoxy) is 2. The van der Waals surface area contributed by atoms with E-state index in [2.05, 4.69) is 5.32 Å². The van der Waals surface area contributed by atoms with E-state index in [1.807, 2.05) is 6.92 Å². The molecule has 1 N–H and O–H groups in total. The number of hydrogen-bond acceptors (Lipinski definition) is 4. The van der Waals surface area contributed by atoms with Crippen molar-refractivity contribution < 1.29 is 18.7 Å². The fraction of sp³-hybridized carbons (Fsp3) is 0.500. The first-order chi connectivity index (χ1) is 9.04. The number of carbonyl (C=O) groups excluding carboxylic acids is 1. The second kappa shape index (κ2) is 5.17. The van der Waals surface area contributed by atoms with Gasteiger partial charge in [-0.05, 0) is 12.1 Å². The van der Waals surface area contributed by atoms with E-state index in [1.54, 1.807) is 12.1 Å². The highest BCUT2D eigenvalue weighted by Crippen LogP contribution is 2.41. The van der Waals surface area contributed by atoms with Gasteiger partial charge in [0.15, 0.2) is 0 Å². The molecular weight excluding hydrogens is 249 g/mol. The lowest BCUT2D eigenvalue weighted by molar-refractivity contribution is -0.146. The zero-order valence-corrected chi connectivity index (χ0v) is 11.3. The Morgan fingerprint density at radius 1 is 1.47 bits per heavy atom. The van der Waals surface area contributed by atoms with Crippen LogP contribution in [-0.2, 0) is 14.9 Å². The molecule has 1 fully saturated rings. The van der Waals surface area contributed by atoms with Crippen LogP contribution in [0.2, 0.25) is 0 Å². The van der Waals surface area contributed by atoms with E-state index in [4.69, 9.17) is 9.47 Å². The smallest absolute Gasteiger partial charge is 0.310 e. The first kappa shape index (κ1) is 13.8. The van der Waals surface area contributed by atoms with Crippen LogP contribution < -0.4 is 10.1 Å². The number of esters is 1. The Balaban J connectivity index is 2.52. The summed E-state index contributed by atoms with van der Waals surface area (Å²) in [5, 5.41) is 3.13. The number of rotatable bonds is 3. The summed E-state index contributed by atoms with van der Waals surface area (Å²) in [7, 11) is 2.84. The summed E-state index contributed by atoms with van der Waals surface area (Å²) >= 11 is 0. The summed E-state index contributed by atoms with van der Waals surface area (Å²) < 4.78 is 24.3. The minimum atomic E-state index is -0.677. The van der Waals surface area contributed by atoms with E-state index in [0.717, 1.165) is 0 Å². The van der Waals surface area contributed by atoms with Gasteiger partial charge in [-0.15, -0.1) is 0 Å². The highest BCUT2D eigenvalue weighted by atomic mass is 19.1. The maximum absolute atomic E-state index is 14.2. The highest BCUT2D eigenvalue weighted by Gasteiger charge is 2.48. The molecule has 1 aromatic carbocycles. The molecule has 1 saturated heterocycles. The molecule has 0 aliphatic carbocycles. The highest BCUT2D eigenvalue weighted by molar-refractivity contribution is 5.76. The molecule has 0 radical (unpaired) electrons. The molecule has 1 aromatic rings. The topological polar surface area (TPSA) is 47.6 Å². The molecule has 5 heteroatoms. The van der Waals surface area contributed by atoms with Crippen molar-refractivity contribution in [3.05, 3.63) is 29.6 Å². The van der Waals surface area contributed by atoms with E-state index in [-0.39, 0.29) is 11.8 Å². The van der Waals surface area contributed by atoms with Crippen molar-refractivity contribution in [2.24, 2.45) is 5.92 Å². The van der Waals surface area contributed by atoms with Gasteiger partial charge in [-0.3, -0.25) is 4.79 Å². The number of methoxy groups -OCH3 is 2. The molecule has 1 aliphatic rings. The molecule has 2 atom stereocenters. The largest absolute Gasteiger partial charge is 0.496 e. The molecule has 4 nitrogen and oxygen atoms in total. The third-order valence-corrected chi connectivity index (χ3v) is 3.86. The first-order valence-electron chi connectivity index (χ1n) is 6.16. The lowest BCUT2D eigenvalue weighted by Crippen LogP contribution is -2.38. The van der Waals surface area contributed by atoms with Crippen LogP contribution in [0.1, 0.15) is 12.5 Å². The molecule has 1 heterocycles. The van der Waals surface area contributed by atoms with Gasteiger partial charge in [0.05, 0.1) is 20.1 Å². The van der Waals surface area contributed by atoms with Crippen molar-refractivity contribution in [3.63, 3.8) is 0 Å². The standard InChI is InChI=1S/C14H18FNO3/c1-14(8-16-7-9(14)13(17)19-3)12-10(15)5-4-6-11(12)18-2/h4-6,9,16H,7-8H2,1-3H3. The molecule has 19 heavy (non-hydrogen) atoms. The maximum Gasteiger partial charge on any atom is 0.310 e.